The van der Waals surface area contributed by atoms with Crippen molar-refractivity contribution in [2.24, 2.45) is 0 Å². The third kappa shape index (κ3) is 3.69. The summed E-state index contributed by atoms with van der Waals surface area (Å²) in [5.74, 6) is -0.444. The molecule has 1 saturated heterocycles. The Bertz CT molecular complexity index is 1190. The number of nitro groups is 1. The van der Waals surface area contributed by atoms with E-state index in [2.05, 4.69) is 4.98 Å². The number of cyclic esters (lactones) is 1. The number of benzene rings is 2. The first-order valence-electron chi connectivity index (χ1n) is 10.2. The predicted molar refractivity (Wildman–Crippen MR) is 117 cm³/mol. The lowest BCUT2D eigenvalue weighted by atomic mass is 9.89. The minimum Gasteiger partial charge on any atom is -0.497 e. The number of carbonyl (C=O) groups is 2. The Morgan fingerprint density at radius 3 is 2.42 bits per heavy atom. The molecule has 1 aliphatic heterocycles. The summed E-state index contributed by atoms with van der Waals surface area (Å²) in [6.07, 6.45) is 0.958. The van der Waals surface area contributed by atoms with Crippen LogP contribution < -0.4 is 4.74 Å². The monoisotopic (exact) mass is 450 g/mol. The highest BCUT2D eigenvalue weighted by Gasteiger charge is 2.51. The van der Waals surface area contributed by atoms with Crippen molar-refractivity contribution in [3.63, 3.8) is 0 Å². The summed E-state index contributed by atoms with van der Waals surface area (Å²) in [6.45, 7) is 3.31. The maximum absolute atomic E-state index is 14.0. The molecule has 1 aromatic heterocycles. The van der Waals surface area contributed by atoms with Gasteiger partial charge in [-0.2, -0.15) is 0 Å². The highest BCUT2D eigenvalue weighted by atomic mass is 16.6. The highest BCUT2D eigenvalue weighted by molar-refractivity contribution is 5.99. The van der Waals surface area contributed by atoms with E-state index in [4.69, 9.17) is 9.47 Å². The zero-order chi connectivity index (χ0) is 23.8. The van der Waals surface area contributed by atoms with Crippen LogP contribution in [0.2, 0.25) is 0 Å². The van der Waals surface area contributed by atoms with Crippen molar-refractivity contribution >= 4 is 17.8 Å². The molecule has 0 bridgehead atoms. The molecule has 0 radical (unpaired) electrons. The van der Waals surface area contributed by atoms with Crippen LogP contribution >= 0.6 is 0 Å². The molecule has 0 aliphatic carbocycles. The first-order valence-corrected chi connectivity index (χ1v) is 10.2. The molecule has 3 aromatic rings. The van der Waals surface area contributed by atoms with Crippen molar-refractivity contribution in [1.82, 2.24) is 14.5 Å². The van der Waals surface area contributed by atoms with Gasteiger partial charge in [0.2, 0.25) is 6.33 Å². The fourth-order valence-corrected chi connectivity index (χ4v) is 4.01. The summed E-state index contributed by atoms with van der Waals surface area (Å²) in [4.78, 5) is 42.3. The number of carbonyl (C=O) groups excluding carboxylic acids is 2. The van der Waals surface area contributed by atoms with E-state index in [0.717, 1.165) is 10.5 Å². The van der Waals surface area contributed by atoms with E-state index in [1.54, 1.807) is 38.1 Å². The quantitative estimate of drug-likeness (QED) is 0.415. The van der Waals surface area contributed by atoms with Gasteiger partial charge in [0.05, 0.1) is 13.2 Å². The van der Waals surface area contributed by atoms with Gasteiger partial charge in [0.15, 0.2) is 0 Å². The van der Waals surface area contributed by atoms with Crippen molar-refractivity contribution in [3.8, 4) is 5.75 Å². The molecule has 0 spiro atoms. The molecule has 2 aromatic carbocycles. The number of aromatic nitrogens is 2. The number of ether oxygens (including phenoxy) is 2. The van der Waals surface area contributed by atoms with Gasteiger partial charge in [-0.25, -0.2) is 9.69 Å². The molecule has 0 N–H and O–H groups in total. The minimum absolute atomic E-state index is 0.415. The molecule has 1 unspecified atom stereocenters. The van der Waals surface area contributed by atoms with Crippen LogP contribution in [-0.2, 0) is 15.1 Å². The van der Waals surface area contributed by atoms with E-state index in [-0.39, 0.29) is 0 Å². The number of hydrogen-bond donors (Lipinski definition) is 0. The predicted octanol–water partition coefficient (Wildman–Crippen LogP) is 3.67. The molecular formula is C23H22N4O6. The lowest BCUT2D eigenvalue weighted by Gasteiger charge is -2.33. The zero-order valence-corrected chi connectivity index (χ0v) is 18.2. The molecule has 10 heteroatoms. The van der Waals surface area contributed by atoms with Crippen LogP contribution in [0.25, 0.3) is 0 Å². The van der Waals surface area contributed by atoms with Crippen LogP contribution in [0.3, 0.4) is 0 Å². The van der Waals surface area contributed by atoms with E-state index in [1.165, 1.54) is 24.2 Å². The number of imide groups is 1. The molecule has 0 saturated carbocycles. The van der Waals surface area contributed by atoms with Gasteiger partial charge in [-0.1, -0.05) is 42.5 Å². The normalized spacial score (nSPS) is 19.6. The van der Waals surface area contributed by atoms with Crippen molar-refractivity contribution in [1.29, 1.82) is 0 Å². The second-order valence-electron chi connectivity index (χ2n) is 7.83. The van der Waals surface area contributed by atoms with Gasteiger partial charge in [0.25, 0.3) is 5.91 Å². The molecular weight excluding hydrogens is 428 g/mol. The minimum atomic E-state index is -1.52. The fourth-order valence-electron chi connectivity index (χ4n) is 4.01. The lowest BCUT2D eigenvalue weighted by Crippen LogP contribution is -2.52. The molecule has 2 amide bonds. The summed E-state index contributed by atoms with van der Waals surface area (Å²) >= 11 is 0. The Labute approximate surface area is 189 Å². The molecule has 1 fully saturated rings. The first kappa shape index (κ1) is 22.0. The Balaban J connectivity index is 1.78. The van der Waals surface area contributed by atoms with E-state index >= 15 is 0 Å². The van der Waals surface area contributed by atoms with E-state index < -0.39 is 40.4 Å². The van der Waals surface area contributed by atoms with Crippen LogP contribution in [0.15, 0.2) is 67.1 Å². The number of rotatable bonds is 6. The summed E-state index contributed by atoms with van der Waals surface area (Å²) in [5, 5.41) is 11.2. The van der Waals surface area contributed by atoms with E-state index in [0.29, 0.717) is 11.3 Å². The largest absolute Gasteiger partial charge is 0.497 e. The molecule has 170 valence electrons. The third-order valence-electron chi connectivity index (χ3n) is 5.96. The van der Waals surface area contributed by atoms with Crippen LogP contribution in [0.5, 0.6) is 5.75 Å². The maximum atomic E-state index is 14.0. The number of amides is 2. The van der Waals surface area contributed by atoms with Gasteiger partial charge in [-0.05, 0) is 47.0 Å². The Hall–Kier alpha value is -4.21. The zero-order valence-electron chi connectivity index (χ0n) is 18.2. The van der Waals surface area contributed by atoms with Gasteiger partial charge in [0, 0.05) is 0 Å². The van der Waals surface area contributed by atoms with Gasteiger partial charge in [-0.15, -0.1) is 0 Å². The highest BCUT2D eigenvalue weighted by Crippen LogP contribution is 2.38. The second-order valence-corrected chi connectivity index (χ2v) is 7.83. The summed E-state index contributed by atoms with van der Waals surface area (Å²) < 4.78 is 12.1. The molecule has 2 heterocycles. The van der Waals surface area contributed by atoms with E-state index in [1.807, 2.05) is 30.3 Å². The van der Waals surface area contributed by atoms with Crippen molar-refractivity contribution < 1.29 is 24.0 Å². The van der Waals surface area contributed by atoms with Crippen LogP contribution in [0.4, 0.5) is 10.6 Å². The van der Waals surface area contributed by atoms with E-state index in [9.17, 15) is 19.7 Å². The average Bonchev–Trinajstić information content (AvgIpc) is 3.44. The number of methoxy groups -OCH3 is 1. The van der Waals surface area contributed by atoms with Crippen LogP contribution in [-0.4, -0.2) is 44.5 Å². The average molecular weight is 450 g/mol. The molecule has 1 aliphatic rings. The van der Waals surface area contributed by atoms with Gasteiger partial charge in [-0.3, -0.25) is 9.36 Å². The lowest BCUT2D eigenvalue weighted by molar-refractivity contribution is -0.389. The van der Waals surface area contributed by atoms with Crippen molar-refractivity contribution in [2.45, 2.75) is 31.5 Å². The SMILES string of the molecule is COc1ccc(C(C)(C(=O)N2C(=O)O[C@@H](c3ccccc3)[C@H]2C)n2cnc([N+](=O)[O-])c2)cc1. The van der Waals surface area contributed by atoms with Crippen molar-refractivity contribution in [2.75, 3.05) is 7.11 Å². The number of imidazole rings is 1. The molecule has 3 atom stereocenters. The first-order chi connectivity index (χ1) is 15.8. The van der Waals surface area contributed by atoms with Crippen LogP contribution in [0, 0.1) is 10.1 Å². The smallest absolute Gasteiger partial charge is 0.417 e. The maximum Gasteiger partial charge on any atom is 0.417 e. The third-order valence-corrected chi connectivity index (χ3v) is 5.96. The topological polar surface area (TPSA) is 117 Å². The number of nitrogens with zero attached hydrogens (tertiary/aromatic N) is 4. The Morgan fingerprint density at radius 1 is 1.18 bits per heavy atom. The molecule has 10 nitrogen and oxygen atoms in total. The Kier molecular flexibility index (Phi) is 5.59. The Morgan fingerprint density at radius 2 is 1.85 bits per heavy atom. The molecule has 4 rings (SSSR count). The van der Waals surface area contributed by atoms with Gasteiger partial charge >= 0.3 is 11.9 Å². The standard InChI is InChI=1S/C23H22N4O6/c1-15-20(16-7-5-4-6-8-16)33-22(29)26(15)21(28)23(2,17-9-11-18(32-3)12-10-17)25-13-19(24-14-25)27(30)31/h4-15,20H,1-3H3/t15-,20-,23?/m1/s1. The van der Waals surface area contributed by atoms with Crippen LogP contribution in [0.1, 0.15) is 31.1 Å². The van der Waals surface area contributed by atoms with Gasteiger partial charge < -0.3 is 19.6 Å². The van der Waals surface area contributed by atoms with Gasteiger partial charge in [0.1, 0.15) is 23.6 Å². The summed E-state index contributed by atoms with van der Waals surface area (Å²) in [6, 6.07) is 15.2. The fraction of sp³-hybridized carbons (Fsp3) is 0.261. The van der Waals surface area contributed by atoms with Crippen molar-refractivity contribution in [3.05, 3.63) is 88.4 Å². The summed E-state index contributed by atoms with van der Waals surface area (Å²) in [5.41, 5.74) is -0.270. The second kappa shape index (κ2) is 8.38. The molecule has 33 heavy (non-hydrogen) atoms. The number of hydrogen-bond acceptors (Lipinski definition) is 7. The summed E-state index contributed by atoms with van der Waals surface area (Å²) in [7, 11) is 1.52.